The van der Waals surface area contributed by atoms with Gasteiger partial charge in [-0.05, 0) is 31.7 Å². The lowest BCUT2D eigenvalue weighted by Gasteiger charge is -2.33. The first-order valence-electron chi connectivity index (χ1n) is 9.66. The van der Waals surface area contributed by atoms with Crippen molar-refractivity contribution in [3.05, 3.63) is 64.8 Å². The number of piperidine rings is 1. The van der Waals surface area contributed by atoms with Crippen LogP contribution in [0.1, 0.15) is 31.7 Å². The summed E-state index contributed by atoms with van der Waals surface area (Å²) >= 11 is 0. The average molecular weight is 380 g/mol. The Kier molecular flexibility index (Phi) is 5.14. The zero-order valence-corrected chi connectivity index (χ0v) is 16.0. The maximum Gasteiger partial charge on any atom is 0.301 e. The number of rotatable bonds is 5. The second kappa shape index (κ2) is 7.88. The number of amides is 1. The highest BCUT2D eigenvalue weighted by Gasteiger charge is 2.23. The Balaban J connectivity index is 1.51. The summed E-state index contributed by atoms with van der Waals surface area (Å²) < 4.78 is 8.79. The number of carbonyl (C=O) groups excluding carboxylic acids is 1. The van der Waals surface area contributed by atoms with Crippen molar-refractivity contribution in [1.82, 2.24) is 18.9 Å². The van der Waals surface area contributed by atoms with Crippen LogP contribution >= 0.6 is 0 Å². The molecule has 7 nitrogen and oxygen atoms in total. The van der Waals surface area contributed by atoms with E-state index in [4.69, 9.17) is 4.74 Å². The van der Waals surface area contributed by atoms with Crippen LogP contribution in [0.4, 0.5) is 0 Å². The molecule has 1 saturated heterocycles. The molecule has 1 aliphatic rings. The fourth-order valence-corrected chi connectivity index (χ4v) is 3.67. The van der Waals surface area contributed by atoms with Gasteiger partial charge in [-0.2, -0.15) is 0 Å². The van der Waals surface area contributed by atoms with Gasteiger partial charge in [0.05, 0.1) is 6.20 Å². The third-order valence-corrected chi connectivity index (χ3v) is 5.26. The molecule has 1 atom stereocenters. The topological polar surface area (TPSA) is 68.8 Å². The molecular weight excluding hydrogens is 356 g/mol. The van der Waals surface area contributed by atoms with Gasteiger partial charge in [0.2, 0.25) is 17.4 Å². The molecule has 0 saturated carbocycles. The van der Waals surface area contributed by atoms with Crippen molar-refractivity contribution in [3.8, 4) is 5.75 Å². The average Bonchev–Trinajstić information content (AvgIpc) is 3.12. The van der Waals surface area contributed by atoms with E-state index < -0.39 is 0 Å². The molecule has 1 unspecified atom stereocenters. The molecule has 1 aromatic carbocycles. The standard InChI is InChI=1S/C21H24N4O3/c1-16-7-5-6-10-24(16)19(26)14-23-11-12-25-20(27)18(13-22-21(23)25)28-15-17-8-3-2-4-9-17/h2-4,8-9,11-13,16H,5-7,10,14-15H2,1H3. The Hall–Kier alpha value is -3.09. The van der Waals surface area contributed by atoms with Gasteiger partial charge < -0.3 is 14.2 Å². The van der Waals surface area contributed by atoms with E-state index in [-0.39, 0.29) is 29.8 Å². The van der Waals surface area contributed by atoms with Crippen LogP contribution in [0, 0.1) is 0 Å². The second-order valence-corrected chi connectivity index (χ2v) is 7.23. The molecule has 3 aromatic rings. The molecule has 146 valence electrons. The number of imidazole rings is 1. The van der Waals surface area contributed by atoms with Gasteiger partial charge in [0.15, 0.2) is 0 Å². The highest BCUT2D eigenvalue weighted by atomic mass is 16.5. The van der Waals surface area contributed by atoms with Gasteiger partial charge in [-0.25, -0.2) is 9.38 Å². The number of aromatic nitrogens is 3. The van der Waals surface area contributed by atoms with E-state index in [9.17, 15) is 9.59 Å². The van der Waals surface area contributed by atoms with Crippen molar-refractivity contribution in [2.45, 2.75) is 45.4 Å². The van der Waals surface area contributed by atoms with E-state index >= 15 is 0 Å². The third-order valence-electron chi connectivity index (χ3n) is 5.26. The minimum absolute atomic E-state index is 0.0592. The largest absolute Gasteiger partial charge is 0.482 e. The smallest absolute Gasteiger partial charge is 0.301 e. The highest BCUT2D eigenvalue weighted by molar-refractivity contribution is 5.77. The molecule has 4 rings (SSSR count). The van der Waals surface area contributed by atoms with E-state index in [0.717, 1.165) is 24.9 Å². The maximum atomic E-state index is 12.7. The summed E-state index contributed by atoms with van der Waals surface area (Å²) in [7, 11) is 0. The van der Waals surface area contributed by atoms with E-state index in [2.05, 4.69) is 11.9 Å². The maximum absolute atomic E-state index is 12.7. The number of hydrogen-bond donors (Lipinski definition) is 0. The number of nitrogens with zero attached hydrogens (tertiary/aromatic N) is 4. The quantitative estimate of drug-likeness (QED) is 0.682. The number of benzene rings is 1. The molecular formula is C21H24N4O3. The van der Waals surface area contributed by atoms with Crippen molar-refractivity contribution < 1.29 is 9.53 Å². The van der Waals surface area contributed by atoms with E-state index in [0.29, 0.717) is 12.4 Å². The van der Waals surface area contributed by atoms with Gasteiger partial charge in [-0.3, -0.25) is 9.59 Å². The van der Waals surface area contributed by atoms with Gasteiger partial charge >= 0.3 is 5.56 Å². The first kappa shape index (κ1) is 18.3. The van der Waals surface area contributed by atoms with E-state index in [1.807, 2.05) is 35.2 Å². The lowest BCUT2D eigenvalue weighted by molar-refractivity contribution is -0.135. The third kappa shape index (κ3) is 3.65. The summed E-state index contributed by atoms with van der Waals surface area (Å²) in [6.07, 6.45) is 8.04. The molecule has 0 bridgehead atoms. The predicted octanol–water partition coefficient (Wildman–Crippen LogP) is 2.48. The molecule has 0 radical (unpaired) electrons. The monoisotopic (exact) mass is 380 g/mol. The van der Waals surface area contributed by atoms with Gasteiger partial charge in [0, 0.05) is 25.0 Å². The van der Waals surface area contributed by atoms with Crippen LogP contribution in [-0.2, 0) is 17.9 Å². The molecule has 1 fully saturated rings. The SMILES string of the molecule is CC1CCCCN1C(=O)Cn1ccn2c(=O)c(OCc3ccccc3)cnc12. The molecule has 7 heteroatoms. The molecule has 0 spiro atoms. The Labute approximate surface area is 163 Å². The number of ether oxygens (including phenoxy) is 1. The van der Waals surface area contributed by atoms with Crippen LogP contribution < -0.4 is 10.3 Å². The molecule has 0 N–H and O–H groups in total. The van der Waals surface area contributed by atoms with Crippen molar-refractivity contribution >= 4 is 11.7 Å². The number of hydrogen-bond acceptors (Lipinski definition) is 4. The molecule has 2 aromatic heterocycles. The summed E-state index contributed by atoms with van der Waals surface area (Å²) in [4.78, 5) is 31.7. The van der Waals surface area contributed by atoms with Crippen LogP contribution in [0.15, 0.2) is 53.7 Å². The first-order chi connectivity index (χ1) is 13.6. The van der Waals surface area contributed by atoms with Crippen LogP contribution in [0.3, 0.4) is 0 Å². The summed E-state index contributed by atoms with van der Waals surface area (Å²) in [6.45, 7) is 3.36. The fourth-order valence-electron chi connectivity index (χ4n) is 3.67. The molecule has 3 heterocycles. The number of fused-ring (bicyclic) bond motifs is 1. The normalized spacial score (nSPS) is 17.0. The first-order valence-corrected chi connectivity index (χ1v) is 9.66. The van der Waals surface area contributed by atoms with Crippen LogP contribution in [0.2, 0.25) is 0 Å². The van der Waals surface area contributed by atoms with Crippen LogP contribution in [0.5, 0.6) is 5.75 Å². The van der Waals surface area contributed by atoms with E-state index in [1.54, 1.807) is 17.0 Å². The van der Waals surface area contributed by atoms with Crippen LogP contribution in [0.25, 0.3) is 5.78 Å². The minimum Gasteiger partial charge on any atom is -0.482 e. The Bertz CT molecular complexity index is 1030. The zero-order chi connectivity index (χ0) is 19.5. The Morgan fingerprint density at radius 1 is 1.21 bits per heavy atom. The van der Waals surface area contributed by atoms with Crippen molar-refractivity contribution in [1.29, 1.82) is 0 Å². The zero-order valence-electron chi connectivity index (χ0n) is 16.0. The van der Waals surface area contributed by atoms with Crippen molar-refractivity contribution in [3.63, 3.8) is 0 Å². The number of carbonyl (C=O) groups is 1. The fraction of sp³-hybridized carbons (Fsp3) is 0.381. The number of likely N-dealkylation sites (tertiary alicyclic amines) is 1. The van der Waals surface area contributed by atoms with Gasteiger partial charge in [-0.15, -0.1) is 0 Å². The van der Waals surface area contributed by atoms with Crippen molar-refractivity contribution in [2.24, 2.45) is 0 Å². The Morgan fingerprint density at radius 3 is 2.82 bits per heavy atom. The van der Waals surface area contributed by atoms with Gasteiger partial charge in [0.25, 0.3) is 0 Å². The van der Waals surface area contributed by atoms with Crippen molar-refractivity contribution in [2.75, 3.05) is 6.54 Å². The van der Waals surface area contributed by atoms with Crippen LogP contribution in [-0.4, -0.2) is 37.3 Å². The van der Waals surface area contributed by atoms with Gasteiger partial charge in [-0.1, -0.05) is 30.3 Å². The lowest BCUT2D eigenvalue weighted by Crippen LogP contribution is -2.43. The summed E-state index contributed by atoms with van der Waals surface area (Å²) in [5, 5.41) is 0. The molecule has 1 aliphatic heterocycles. The highest BCUT2D eigenvalue weighted by Crippen LogP contribution is 2.17. The molecule has 1 amide bonds. The lowest BCUT2D eigenvalue weighted by atomic mass is 10.0. The summed E-state index contributed by atoms with van der Waals surface area (Å²) in [5.74, 6) is 0.689. The van der Waals surface area contributed by atoms with E-state index in [1.165, 1.54) is 17.0 Å². The summed E-state index contributed by atoms with van der Waals surface area (Å²) in [5.41, 5.74) is 0.698. The molecule has 28 heavy (non-hydrogen) atoms. The van der Waals surface area contributed by atoms with Gasteiger partial charge in [0.1, 0.15) is 13.2 Å². The summed E-state index contributed by atoms with van der Waals surface area (Å²) in [6, 6.07) is 9.92. The second-order valence-electron chi connectivity index (χ2n) is 7.23. The molecule has 0 aliphatic carbocycles. The minimum atomic E-state index is -0.279. The predicted molar refractivity (Wildman–Crippen MR) is 105 cm³/mol. The Morgan fingerprint density at radius 2 is 2.04 bits per heavy atom.